The van der Waals surface area contributed by atoms with E-state index in [0.717, 1.165) is 18.7 Å². The summed E-state index contributed by atoms with van der Waals surface area (Å²) in [7, 11) is 0. The third kappa shape index (κ3) is 3.16. The molecule has 3 fully saturated rings. The van der Waals surface area contributed by atoms with E-state index in [4.69, 9.17) is 0 Å². The second kappa shape index (κ2) is 7.38. The van der Waals surface area contributed by atoms with E-state index >= 15 is 4.39 Å². The average molecular weight is 399 g/mol. The Hall–Kier alpha value is -1.95. The SMILES string of the molecule is CCC[C@H]1[C@H]2C[C@H](CN(C(=O)c3nc4ccc(C)cn4c3F)C2)[C@@H]2CCCCN21. The van der Waals surface area contributed by atoms with Crippen LogP contribution in [0.3, 0.4) is 0 Å². The van der Waals surface area contributed by atoms with Gasteiger partial charge in [0.2, 0.25) is 5.95 Å². The summed E-state index contributed by atoms with van der Waals surface area (Å²) in [5.74, 6) is 0.231. The van der Waals surface area contributed by atoms with E-state index in [0.29, 0.717) is 29.6 Å². The zero-order valence-corrected chi connectivity index (χ0v) is 17.5. The van der Waals surface area contributed by atoms with Gasteiger partial charge < -0.3 is 4.90 Å². The van der Waals surface area contributed by atoms with E-state index in [1.54, 1.807) is 12.3 Å². The number of piperidine rings is 3. The van der Waals surface area contributed by atoms with Crippen molar-refractivity contribution in [2.75, 3.05) is 19.6 Å². The van der Waals surface area contributed by atoms with Crippen molar-refractivity contribution in [2.24, 2.45) is 11.8 Å². The van der Waals surface area contributed by atoms with E-state index in [-0.39, 0.29) is 11.6 Å². The molecule has 3 aliphatic rings. The number of imidazole rings is 1. The zero-order chi connectivity index (χ0) is 20.1. The number of carbonyl (C=O) groups excluding carboxylic acids is 1. The Morgan fingerprint density at radius 1 is 1.24 bits per heavy atom. The number of halogens is 1. The average Bonchev–Trinajstić information content (AvgIpc) is 3.06. The molecule has 5 nitrogen and oxygen atoms in total. The Labute approximate surface area is 171 Å². The number of hydrogen-bond donors (Lipinski definition) is 0. The number of nitrogens with zero attached hydrogens (tertiary/aromatic N) is 4. The molecule has 0 unspecified atom stereocenters. The molecule has 5 heterocycles. The molecule has 6 heteroatoms. The number of aromatic nitrogens is 2. The minimum absolute atomic E-state index is 0.0249. The van der Waals surface area contributed by atoms with Gasteiger partial charge in [-0.25, -0.2) is 4.98 Å². The maximum absolute atomic E-state index is 15.0. The lowest BCUT2D eigenvalue weighted by Crippen LogP contribution is -2.64. The molecule has 3 saturated heterocycles. The van der Waals surface area contributed by atoms with Crippen LogP contribution >= 0.6 is 0 Å². The van der Waals surface area contributed by atoms with Crippen molar-refractivity contribution >= 4 is 11.6 Å². The Morgan fingerprint density at radius 2 is 2.07 bits per heavy atom. The highest BCUT2D eigenvalue weighted by atomic mass is 19.1. The third-order valence-electron chi connectivity index (χ3n) is 7.40. The van der Waals surface area contributed by atoms with Gasteiger partial charge in [-0.2, -0.15) is 4.39 Å². The zero-order valence-electron chi connectivity index (χ0n) is 17.5. The van der Waals surface area contributed by atoms with Crippen LogP contribution in [0.25, 0.3) is 5.65 Å². The van der Waals surface area contributed by atoms with E-state index in [2.05, 4.69) is 16.8 Å². The molecule has 0 radical (unpaired) electrons. The number of pyridine rings is 1. The first-order chi connectivity index (χ1) is 14.1. The highest BCUT2D eigenvalue weighted by Crippen LogP contribution is 2.42. The van der Waals surface area contributed by atoms with Gasteiger partial charge in [0.1, 0.15) is 5.65 Å². The lowest BCUT2D eigenvalue weighted by molar-refractivity contribution is -0.0672. The van der Waals surface area contributed by atoms with Crippen molar-refractivity contribution in [3.8, 4) is 0 Å². The summed E-state index contributed by atoms with van der Waals surface area (Å²) < 4.78 is 16.4. The molecule has 0 N–H and O–H groups in total. The second-order valence-corrected chi connectivity index (χ2v) is 9.31. The van der Waals surface area contributed by atoms with Gasteiger partial charge in [0.05, 0.1) is 0 Å². The standard InChI is InChI=1S/C23H31FN4O/c1-3-6-18-16-11-17(19-7-4-5-10-27(18)19)14-26(13-16)23(29)21-22(24)28-12-15(2)8-9-20(28)25-21/h8-9,12,16-19H,3-7,10-11,13-14H2,1-2H3/t16-,17+,18-,19-/m0/s1. The van der Waals surface area contributed by atoms with Gasteiger partial charge >= 0.3 is 0 Å². The highest BCUT2D eigenvalue weighted by Gasteiger charge is 2.47. The Kier molecular flexibility index (Phi) is 4.85. The van der Waals surface area contributed by atoms with Gasteiger partial charge in [-0.1, -0.05) is 25.8 Å². The summed E-state index contributed by atoms with van der Waals surface area (Å²) in [6.07, 6.45) is 9.10. The van der Waals surface area contributed by atoms with Gasteiger partial charge in [0.15, 0.2) is 5.69 Å². The van der Waals surface area contributed by atoms with Crippen LogP contribution in [0.4, 0.5) is 4.39 Å². The monoisotopic (exact) mass is 398 g/mol. The van der Waals surface area contributed by atoms with Crippen LogP contribution in [0, 0.1) is 24.7 Å². The molecule has 2 bridgehead atoms. The lowest BCUT2D eigenvalue weighted by Gasteiger charge is -2.56. The summed E-state index contributed by atoms with van der Waals surface area (Å²) in [5.41, 5.74) is 1.42. The fourth-order valence-electron chi connectivity index (χ4n) is 6.18. The number of carbonyl (C=O) groups is 1. The van der Waals surface area contributed by atoms with Gasteiger partial charge in [-0.3, -0.25) is 14.1 Å². The molecular formula is C23H31FN4O. The van der Waals surface area contributed by atoms with Gasteiger partial charge in [0.25, 0.3) is 5.91 Å². The second-order valence-electron chi connectivity index (χ2n) is 9.31. The summed E-state index contributed by atoms with van der Waals surface area (Å²) in [4.78, 5) is 22.3. The number of rotatable bonds is 3. The summed E-state index contributed by atoms with van der Waals surface area (Å²) in [6, 6.07) is 4.82. The van der Waals surface area contributed by atoms with Gasteiger partial charge in [-0.05, 0) is 62.6 Å². The largest absolute Gasteiger partial charge is 0.336 e. The topological polar surface area (TPSA) is 40.9 Å². The van der Waals surface area contributed by atoms with Crippen LogP contribution in [0.5, 0.6) is 0 Å². The number of aryl methyl sites for hydroxylation is 1. The lowest BCUT2D eigenvalue weighted by atomic mass is 9.71. The molecule has 29 heavy (non-hydrogen) atoms. The molecule has 0 spiro atoms. The number of likely N-dealkylation sites (tertiary alicyclic amines) is 1. The summed E-state index contributed by atoms with van der Waals surface area (Å²) in [5, 5.41) is 0. The molecule has 2 aromatic heterocycles. The first-order valence-corrected chi connectivity index (χ1v) is 11.3. The van der Waals surface area contributed by atoms with Crippen LogP contribution in [-0.2, 0) is 0 Å². The Balaban J connectivity index is 1.44. The van der Waals surface area contributed by atoms with Crippen molar-refractivity contribution in [3.05, 3.63) is 35.5 Å². The molecular weight excluding hydrogens is 367 g/mol. The first-order valence-electron chi connectivity index (χ1n) is 11.3. The normalized spacial score (nSPS) is 29.8. The fourth-order valence-corrected chi connectivity index (χ4v) is 6.18. The van der Waals surface area contributed by atoms with Crippen molar-refractivity contribution in [1.29, 1.82) is 0 Å². The van der Waals surface area contributed by atoms with Crippen LogP contribution < -0.4 is 0 Å². The fraction of sp³-hybridized carbons (Fsp3) is 0.652. The Bertz CT molecular complexity index is 925. The predicted molar refractivity (Wildman–Crippen MR) is 110 cm³/mol. The van der Waals surface area contributed by atoms with E-state index in [1.807, 2.05) is 17.9 Å². The van der Waals surface area contributed by atoms with Crippen molar-refractivity contribution in [2.45, 2.75) is 64.5 Å². The summed E-state index contributed by atoms with van der Waals surface area (Å²) in [6.45, 7) is 6.84. The van der Waals surface area contributed by atoms with Crippen molar-refractivity contribution < 1.29 is 9.18 Å². The maximum atomic E-state index is 15.0. The quantitative estimate of drug-likeness (QED) is 0.787. The third-order valence-corrected chi connectivity index (χ3v) is 7.40. The number of amides is 1. The highest BCUT2D eigenvalue weighted by molar-refractivity contribution is 5.93. The van der Waals surface area contributed by atoms with Gasteiger partial charge in [0, 0.05) is 31.4 Å². The number of hydrogen-bond acceptors (Lipinski definition) is 3. The smallest absolute Gasteiger partial charge is 0.277 e. The van der Waals surface area contributed by atoms with Crippen molar-refractivity contribution in [1.82, 2.24) is 19.2 Å². The van der Waals surface area contributed by atoms with Crippen LogP contribution in [0.1, 0.15) is 61.5 Å². The Morgan fingerprint density at radius 3 is 2.90 bits per heavy atom. The van der Waals surface area contributed by atoms with E-state index < -0.39 is 5.95 Å². The van der Waals surface area contributed by atoms with E-state index in [1.165, 1.54) is 49.5 Å². The molecule has 1 amide bonds. The maximum Gasteiger partial charge on any atom is 0.277 e. The molecule has 2 aromatic rings. The minimum Gasteiger partial charge on any atom is -0.336 e. The van der Waals surface area contributed by atoms with Crippen LogP contribution in [0.2, 0.25) is 0 Å². The van der Waals surface area contributed by atoms with Crippen LogP contribution in [0.15, 0.2) is 18.3 Å². The molecule has 5 rings (SSSR count). The van der Waals surface area contributed by atoms with Crippen molar-refractivity contribution in [3.63, 3.8) is 0 Å². The summed E-state index contributed by atoms with van der Waals surface area (Å²) >= 11 is 0. The molecule has 0 aromatic carbocycles. The first kappa shape index (κ1) is 19.0. The predicted octanol–water partition coefficient (Wildman–Crippen LogP) is 3.90. The molecule has 0 saturated carbocycles. The number of fused-ring (bicyclic) bond motifs is 5. The molecule has 156 valence electrons. The van der Waals surface area contributed by atoms with Gasteiger partial charge in [-0.15, -0.1) is 0 Å². The molecule has 3 aliphatic heterocycles. The van der Waals surface area contributed by atoms with E-state index in [9.17, 15) is 4.79 Å². The molecule has 0 aliphatic carbocycles. The van der Waals surface area contributed by atoms with Crippen LogP contribution in [-0.4, -0.2) is 56.8 Å². The minimum atomic E-state index is -0.533. The molecule has 4 atom stereocenters.